The highest BCUT2D eigenvalue weighted by atomic mass is 79.9. The summed E-state index contributed by atoms with van der Waals surface area (Å²) in [7, 11) is 0. The topological polar surface area (TPSA) is 48.9 Å². The van der Waals surface area contributed by atoms with Gasteiger partial charge >= 0.3 is 0 Å². The van der Waals surface area contributed by atoms with Crippen molar-refractivity contribution >= 4 is 27.0 Å². The monoisotopic (exact) mass is 226 g/mol. The molecule has 2 rings (SSSR count). The summed E-state index contributed by atoms with van der Waals surface area (Å²) in [5.74, 6) is 0. The molecule has 2 aromatic rings. The van der Waals surface area contributed by atoms with E-state index in [1.54, 1.807) is 0 Å². The van der Waals surface area contributed by atoms with Crippen molar-refractivity contribution in [3.8, 4) is 0 Å². The van der Waals surface area contributed by atoms with E-state index in [-0.39, 0.29) is 6.61 Å². The highest BCUT2D eigenvalue weighted by molar-refractivity contribution is 9.10. The van der Waals surface area contributed by atoms with Crippen LogP contribution < -0.4 is 0 Å². The Morgan fingerprint density at radius 1 is 1.50 bits per heavy atom. The van der Waals surface area contributed by atoms with Crippen molar-refractivity contribution in [2.45, 2.75) is 6.61 Å². The zero-order chi connectivity index (χ0) is 8.55. The first-order valence-electron chi connectivity index (χ1n) is 3.54. The van der Waals surface area contributed by atoms with Gasteiger partial charge in [0.15, 0.2) is 4.73 Å². The number of rotatable bonds is 1. The van der Waals surface area contributed by atoms with Gasteiger partial charge in [-0.25, -0.2) is 4.98 Å². The molecular formula is C8H7BrN2O. The molecule has 0 bridgehead atoms. The first kappa shape index (κ1) is 7.76. The van der Waals surface area contributed by atoms with Crippen molar-refractivity contribution in [1.82, 2.24) is 9.97 Å². The second-order valence-electron chi connectivity index (χ2n) is 2.54. The Labute approximate surface area is 77.6 Å². The molecule has 0 aliphatic carbocycles. The average Bonchev–Trinajstić information content (AvgIpc) is 2.43. The lowest BCUT2D eigenvalue weighted by molar-refractivity contribution is 0.282. The summed E-state index contributed by atoms with van der Waals surface area (Å²) in [5.41, 5.74) is 2.73. The Balaban J connectivity index is 2.66. The molecular weight excluding hydrogens is 220 g/mol. The van der Waals surface area contributed by atoms with E-state index in [0.717, 1.165) is 16.6 Å². The largest absolute Gasteiger partial charge is 0.392 e. The maximum Gasteiger partial charge on any atom is 0.175 e. The van der Waals surface area contributed by atoms with Crippen LogP contribution in [-0.4, -0.2) is 15.1 Å². The number of nitrogens with zero attached hydrogens (tertiary/aromatic N) is 1. The number of aliphatic hydroxyl groups excluding tert-OH is 1. The Hall–Kier alpha value is -0.870. The van der Waals surface area contributed by atoms with Gasteiger partial charge < -0.3 is 10.1 Å². The molecule has 62 valence electrons. The molecule has 2 N–H and O–H groups in total. The fraction of sp³-hybridized carbons (Fsp3) is 0.125. The summed E-state index contributed by atoms with van der Waals surface area (Å²) in [6, 6.07) is 5.62. The number of fused-ring (bicyclic) bond motifs is 1. The van der Waals surface area contributed by atoms with Crippen LogP contribution in [0.25, 0.3) is 11.0 Å². The van der Waals surface area contributed by atoms with Crippen LogP contribution in [0.2, 0.25) is 0 Å². The Bertz CT molecular complexity index is 410. The molecule has 1 heterocycles. The Morgan fingerprint density at radius 3 is 3.08 bits per heavy atom. The lowest BCUT2D eigenvalue weighted by Crippen LogP contribution is -1.81. The molecule has 0 saturated carbocycles. The van der Waals surface area contributed by atoms with Crippen molar-refractivity contribution in [3.63, 3.8) is 0 Å². The molecule has 0 aliphatic rings. The van der Waals surface area contributed by atoms with E-state index in [0.29, 0.717) is 4.73 Å². The molecule has 12 heavy (non-hydrogen) atoms. The molecule has 0 fully saturated rings. The minimum absolute atomic E-state index is 0.0621. The summed E-state index contributed by atoms with van der Waals surface area (Å²) in [6.07, 6.45) is 0. The molecule has 0 saturated heterocycles. The van der Waals surface area contributed by atoms with Gasteiger partial charge in [-0.05, 0) is 33.6 Å². The average molecular weight is 227 g/mol. The summed E-state index contributed by atoms with van der Waals surface area (Å²) >= 11 is 3.24. The molecule has 1 aromatic heterocycles. The Morgan fingerprint density at radius 2 is 2.33 bits per heavy atom. The van der Waals surface area contributed by atoms with Gasteiger partial charge in [0.1, 0.15) is 0 Å². The van der Waals surface area contributed by atoms with Gasteiger partial charge in [-0.1, -0.05) is 6.07 Å². The fourth-order valence-electron chi connectivity index (χ4n) is 1.12. The first-order valence-corrected chi connectivity index (χ1v) is 4.34. The predicted molar refractivity (Wildman–Crippen MR) is 49.7 cm³/mol. The van der Waals surface area contributed by atoms with Crippen molar-refractivity contribution < 1.29 is 5.11 Å². The number of nitrogens with one attached hydrogen (secondary N) is 1. The van der Waals surface area contributed by atoms with Crippen LogP contribution in [0.15, 0.2) is 22.9 Å². The van der Waals surface area contributed by atoms with E-state index in [1.807, 2.05) is 18.2 Å². The number of hydrogen-bond acceptors (Lipinski definition) is 2. The van der Waals surface area contributed by atoms with Crippen LogP contribution in [0.5, 0.6) is 0 Å². The number of aliphatic hydroxyl groups is 1. The number of aromatic nitrogens is 2. The van der Waals surface area contributed by atoms with Crippen LogP contribution in [0.3, 0.4) is 0 Å². The molecule has 0 atom stereocenters. The van der Waals surface area contributed by atoms with E-state index in [4.69, 9.17) is 5.11 Å². The van der Waals surface area contributed by atoms with Crippen molar-refractivity contribution in [1.29, 1.82) is 0 Å². The van der Waals surface area contributed by atoms with Gasteiger partial charge in [0.25, 0.3) is 0 Å². The lowest BCUT2D eigenvalue weighted by atomic mass is 10.2. The van der Waals surface area contributed by atoms with Crippen LogP contribution in [0.1, 0.15) is 5.56 Å². The standard InChI is InChI=1S/C8H7BrN2O/c9-8-10-6-2-1-5(4-12)3-7(6)11-8/h1-3,12H,4H2,(H,10,11). The molecule has 0 unspecified atom stereocenters. The van der Waals surface area contributed by atoms with Gasteiger partial charge in [-0.3, -0.25) is 0 Å². The highest BCUT2D eigenvalue weighted by Gasteiger charge is 1.99. The molecule has 0 aliphatic heterocycles. The van der Waals surface area contributed by atoms with Crippen molar-refractivity contribution in [2.24, 2.45) is 0 Å². The zero-order valence-corrected chi connectivity index (χ0v) is 7.80. The lowest BCUT2D eigenvalue weighted by Gasteiger charge is -1.93. The quantitative estimate of drug-likeness (QED) is 0.780. The van der Waals surface area contributed by atoms with Gasteiger partial charge in [0, 0.05) is 0 Å². The molecule has 4 heteroatoms. The maximum atomic E-state index is 8.86. The van der Waals surface area contributed by atoms with E-state index < -0.39 is 0 Å². The number of aromatic amines is 1. The normalized spacial score (nSPS) is 10.8. The summed E-state index contributed by atoms with van der Waals surface area (Å²) in [5, 5.41) is 8.86. The minimum Gasteiger partial charge on any atom is -0.392 e. The SMILES string of the molecule is OCc1ccc2nc(Br)[nH]c2c1. The van der Waals surface area contributed by atoms with Gasteiger partial charge in [0.05, 0.1) is 17.6 Å². The molecule has 0 amide bonds. The van der Waals surface area contributed by atoms with Gasteiger partial charge in [0.2, 0.25) is 0 Å². The second-order valence-corrected chi connectivity index (χ2v) is 3.29. The number of hydrogen-bond donors (Lipinski definition) is 2. The number of imidazole rings is 1. The van der Waals surface area contributed by atoms with Crippen molar-refractivity contribution in [2.75, 3.05) is 0 Å². The molecule has 0 radical (unpaired) electrons. The number of H-pyrrole nitrogens is 1. The van der Waals surface area contributed by atoms with Gasteiger partial charge in [-0.2, -0.15) is 0 Å². The summed E-state index contributed by atoms with van der Waals surface area (Å²) < 4.78 is 0.715. The van der Waals surface area contributed by atoms with Crippen LogP contribution >= 0.6 is 15.9 Å². The predicted octanol–water partition coefficient (Wildman–Crippen LogP) is 1.82. The highest BCUT2D eigenvalue weighted by Crippen LogP contribution is 2.16. The van der Waals surface area contributed by atoms with Crippen molar-refractivity contribution in [3.05, 3.63) is 28.5 Å². The Kier molecular flexibility index (Phi) is 1.86. The number of benzene rings is 1. The van der Waals surface area contributed by atoms with Crippen LogP contribution in [-0.2, 0) is 6.61 Å². The van der Waals surface area contributed by atoms with Gasteiger partial charge in [-0.15, -0.1) is 0 Å². The number of halogens is 1. The fourth-order valence-corrected chi connectivity index (χ4v) is 1.53. The smallest absolute Gasteiger partial charge is 0.175 e. The van der Waals surface area contributed by atoms with E-state index in [1.165, 1.54) is 0 Å². The van der Waals surface area contributed by atoms with E-state index in [9.17, 15) is 0 Å². The molecule has 0 spiro atoms. The van der Waals surface area contributed by atoms with Crippen LogP contribution in [0, 0.1) is 0 Å². The first-order chi connectivity index (χ1) is 5.79. The van der Waals surface area contributed by atoms with E-state index in [2.05, 4.69) is 25.9 Å². The third-order valence-corrected chi connectivity index (χ3v) is 2.08. The van der Waals surface area contributed by atoms with E-state index >= 15 is 0 Å². The minimum atomic E-state index is 0.0621. The zero-order valence-electron chi connectivity index (χ0n) is 6.21. The molecule has 1 aromatic carbocycles. The third kappa shape index (κ3) is 1.23. The maximum absolute atomic E-state index is 8.86. The summed E-state index contributed by atoms with van der Waals surface area (Å²) in [6.45, 7) is 0.0621. The third-order valence-electron chi connectivity index (χ3n) is 1.70. The summed E-state index contributed by atoms with van der Waals surface area (Å²) in [4.78, 5) is 7.20. The van der Waals surface area contributed by atoms with Crippen LogP contribution in [0.4, 0.5) is 0 Å². The second kappa shape index (κ2) is 2.88. The molecule has 3 nitrogen and oxygen atoms in total.